The molecule has 0 aliphatic rings. The number of thiol groups is 1. The van der Waals surface area contributed by atoms with Crippen LogP contribution in [-0.4, -0.2) is 75.0 Å². The SMILES string of the molecule is CC(NC(=O)C(Cc1ccc(O)cc1)NC(=O)C(N)CS)C(=O)NC(C(=O)O)C(C)O. The van der Waals surface area contributed by atoms with E-state index >= 15 is 0 Å². The van der Waals surface area contributed by atoms with Gasteiger partial charge in [0.15, 0.2) is 6.04 Å². The highest BCUT2D eigenvalue weighted by atomic mass is 32.1. The molecular formula is C19H28N4O7S. The molecule has 8 N–H and O–H groups in total. The molecule has 0 heterocycles. The van der Waals surface area contributed by atoms with Crippen molar-refractivity contribution < 1.29 is 34.5 Å². The van der Waals surface area contributed by atoms with Crippen LogP contribution in [0.1, 0.15) is 19.4 Å². The molecule has 0 aliphatic carbocycles. The minimum atomic E-state index is -1.55. The average molecular weight is 457 g/mol. The summed E-state index contributed by atoms with van der Waals surface area (Å²) in [4.78, 5) is 48.3. The van der Waals surface area contributed by atoms with Crippen LogP contribution in [0.15, 0.2) is 24.3 Å². The van der Waals surface area contributed by atoms with E-state index in [9.17, 15) is 29.4 Å². The van der Waals surface area contributed by atoms with Crippen molar-refractivity contribution in [3.8, 4) is 5.75 Å². The molecule has 0 aliphatic heterocycles. The standard InChI is InChI=1S/C19H28N4O7S/c1-9(16(26)23-15(10(2)24)19(29)30)21-18(28)14(22-17(27)13(20)8-31)7-11-3-5-12(25)6-4-11/h3-6,9-10,13-15,24-25,31H,7-8,20H2,1-2H3,(H,21,28)(H,22,27)(H,23,26)(H,29,30). The molecular weight excluding hydrogens is 428 g/mol. The number of phenolic OH excluding ortho intramolecular Hbond substituents is 1. The van der Waals surface area contributed by atoms with Gasteiger partial charge < -0.3 is 37.0 Å². The highest BCUT2D eigenvalue weighted by Gasteiger charge is 2.30. The Hall–Kier alpha value is -2.83. The monoisotopic (exact) mass is 456 g/mol. The Morgan fingerprint density at radius 2 is 1.58 bits per heavy atom. The van der Waals surface area contributed by atoms with Gasteiger partial charge in [0.25, 0.3) is 0 Å². The summed E-state index contributed by atoms with van der Waals surface area (Å²) in [7, 11) is 0. The van der Waals surface area contributed by atoms with Gasteiger partial charge in [-0.15, -0.1) is 0 Å². The second kappa shape index (κ2) is 12.1. The van der Waals surface area contributed by atoms with Crippen molar-refractivity contribution in [3.63, 3.8) is 0 Å². The number of carbonyl (C=O) groups is 4. The number of carboxylic acid groups (broad SMARTS) is 1. The van der Waals surface area contributed by atoms with Gasteiger partial charge in [-0.25, -0.2) is 4.79 Å². The molecule has 0 spiro atoms. The van der Waals surface area contributed by atoms with Crippen LogP contribution >= 0.6 is 12.6 Å². The Labute approximate surface area is 184 Å². The third-order valence-electron chi connectivity index (χ3n) is 4.34. The van der Waals surface area contributed by atoms with Crippen LogP contribution in [0, 0.1) is 0 Å². The number of benzene rings is 1. The molecule has 3 amide bonds. The highest BCUT2D eigenvalue weighted by Crippen LogP contribution is 2.12. The first kappa shape index (κ1) is 26.2. The largest absolute Gasteiger partial charge is 0.508 e. The van der Waals surface area contributed by atoms with Crippen LogP contribution in [0.4, 0.5) is 0 Å². The number of carbonyl (C=O) groups excluding carboxylic acids is 3. The first-order valence-corrected chi connectivity index (χ1v) is 10.1. The number of aromatic hydroxyl groups is 1. The smallest absolute Gasteiger partial charge is 0.328 e. The lowest BCUT2D eigenvalue weighted by molar-refractivity contribution is -0.145. The van der Waals surface area contributed by atoms with E-state index in [-0.39, 0.29) is 17.9 Å². The summed E-state index contributed by atoms with van der Waals surface area (Å²) in [5.41, 5.74) is 6.26. The maximum absolute atomic E-state index is 12.7. The number of aliphatic carboxylic acids is 1. The number of rotatable bonds is 11. The molecule has 172 valence electrons. The fourth-order valence-corrected chi connectivity index (χ4v) is 2.65. The van der Waals surface area contributed by atoms with Gasteiger partial charge >= 0.3 is 5.97 Å². The van der Waals surface area contributed by atoms with Crippen molar-refractivity contribution in [2.45, 2.75) is 50.5 Å². The van der Waals surface area contributed by atoms with Crippen LogP contribution in [0.5, 0.6) is 5.75 Å². The Morgan fingerprint density at radius 1 is 1.00 bits per heavy atom. The molecule has 0 bridgehead atoms. The lowest BCUT2D eigenvalue weighted by atomic mass is 10.0. The van der Waals surface area contributed by atoms with Gasteiger partial charge in [-0.05, 0) is 31.5 Å². The lowest BCUT2D eigenvalue weighted by Gasteiger charge is -2.24. The maximum atomic E-state index is 12.7. The molecule has 11 nitrogen and oxygen atoms in total. The second-order valence-electron chi connectivity index (χ2n) is 7.02. The van der Waals surface area contributed by atoms with Gasteiger partial charge in [0.05, 0.1) is 12.1 Å². The van der Waals surface area contributed by atoms with E-state index < -0.39 is 54.0 Å². The molecule has 5 atom stereocenters. The number of aliphatic hydroxyl groups is 1. The van der Waals surface area contributed by atoms with Crippen molar-refractivity contribution in [1.82, 2.24) is 16.0 Å². The molecule has 5 unspecified atom stereocenters. The molecule has 0 aromatic heterocycles. The van der Waals surface area contributed by atoms with E-state index in [4.69, 9.17) is 10.8 Å². The lowest BCUT2D eigenvalue weighted by Crippen LogP contribution is -2.58. The Kier molecular flexibility index (Phi) is 10.3. The minimum Gasteiger partial charge on any atom is -0.508 e. The van der Waals surface area contributed by atoms with E-state index in [0.29, 0.717) is 5.56 Å². The van der Waals surface area contributed by atoms with Crippen molar-refractivity contribution in [2.24, 2.45) is 5.73 Å². The maximum Gasteiger partial charge on any atom is 0.328 e. The predicted molar refractivity (Wildman–Crippen MR) is 114 cm³/mol. The van der Waals surface area contributed by atoms with Crippen LogP contribution in [0.25, 0.3) is 0 Å². The number of aliphatic hydroxyl groups excluding tert-OH is 1. The number of hydrogen-bond acceptors (Lipinski definition) is 8. The summed E-state index contributed by atoms with van der Waals surface area (Å²) >= 11 is 3.95. The van der Waals surface area contributed by atoms with E-state index in [1.807, 2.05) is 0 Å². The summed E-state index contributed by atoms with van der Waals surface area (Å²) in [5.74, 6) is -3.51. The van der Waals surface area contributed by atoms with Gasteiger partial charge in [-0.2, -0.15) is 12.6 Å². The van der Waals surface area contributed by atoms with Gasteiger partial charge in [0.1, 0.15) is 17.8 Å². The van der Waals surface area contributed by atoms with E-state index in [0.717, 1.165) is 0 Å². The van der Waals surface area contributed by atoms with Crippen LogP contribution in [0.2, 0.25) is 0 Å². The summed E-state index contributed by atoms with van der Waals surface area (Å²) in [6, 6.07) is 1.20. The first-order chi connectivity index (χ1) is 14.5. The van der Waals surface area contributed by atoms with E-state index in [2.05, 4.69) is 28.6 Å². The van der Waals surface area contributed by atoms with Gasteiger partial charge in [-0.3, -0.25) is 14.4 Å². The third-order valence-corrected chi connectivity index (χ3v) is 4.73. The van der Waals surface area contributed by atoms with Gasteiger partial charge in [0, 0.05) is 12.2 Å². The van der Waals surface area contributed by atoms with Crippen LogP contribution in [-0.2, 0) is 25.6 Å². The molecule has 1 aromatic rings. The summed E-state index contributed by atoms with van der Waals surface area (Å²) in [6.45, 7) is 2.53. The van der Waals surface area contributed by atoms with Crippen molar-refractivity contribution in [1.29, 1.82) is 0 Å². The zero-order valence-electron chi connectivity index (χ0n) is 17.1. The number of amides is 3. The van der Waals surface area contributed by atoms with Gasteiger partial charge in [-0.1, -0.05) is 12.1 Å². The molecule has 1 aromatic carbocycles. The van der Waals surface area contributed by atoms with E-state index in [1.165, 1.54) is 26.0 Å². The molecule has 0 saturated carbocycles. The number of phenols is 1. The molecule has 1 rings (SSSR count). The Morgan fingerprint density at radius 3 is 2.06 bits per heavy atom. The zero-order chi connectivity index (χ0) is 23.7. The zero-order valence-corrected chi connectivity index (χ0v) is 18.0. The summed E-state index contributed by atoms with van der Waals surface area (Å²) in [6.07, 6.45) is -1.31. The number of nitrogens with two attached hydrogens (primary N) is 1. The van der Waals surface area contributed by atoms with Crippen molar-refractivity contribution in [3.05, 3.63) is 29.8 Å². The van der Waals surface area contributed by atoms with Crippen molar-refractivity contribution >= 4 is 36.3 Å². The molecule has 31 heavy (non-hydrogen) atoms. The number of nitrogens with one attached hydrogen (secondary N) is 3. The normalized spacial score (nSPS) is 15.6. The average Bonchev–Trinajstić information content (AvgIpc) is 2.71. The first-order valence-electron chi connectivity index (χ1n) is 9.42. The molecule has 0 saturated heterocycles. The topological polar surface area (TPSA) is 191 Å². The van der Waals surface area contributed by atoms with Crippen LogP contribution in [0.3, 0.4) is 0 Å². The Bertz CT molecular complexity index is 788. The van der Waals surface area contributed by atoms with Gasteiger partial charge in [0.2, 0.25) is 17.7 Å². The van der Waals surface area contributed by atoms with Crippen molar-refractivity contribution in [2.75, 3.05) is 5.75 Å². The fourth-order valence-electron chi connectivity index (χ4n) is 2.49. The molecule has 12 heteroatoms. The highest BCUT2D eigenvalue weighted by molar-refractivity contribution is 7.80. The number of hydrogen-bond donors (Lipinski definition) is 8. The predicted octanol–water partition coefficient (Wildman–Crippen LogP) is -1.87. The molecule has 0 fully saturated rings. The quantitative estimate of drug-likeness (QED) is 0.178. The minimum absolute atomic E-state index is 0.0299. The van der Waals surface area contributed by atoms with Crippen LogP contribution < -0.4 is 21.7 Å². The summed E-state index contributed by atoms with van der Waals surface area (Å²) in [5, 5.41) is 35.0. The third kappa shape index (κ3) is 8.44. The number of carboxylic acids is 1. The van der Waals surface area contributed by atoms with E-state index in [1.54, 1.807) is 12.1 Å². The fraction of sp³-hybridized carbons (Fsp3) is 0.474. The summed E-state index contributed by atoms with van der Waals surface area (Å²) < 4.78 is 0. The Balaban J connectivity index is 2.91. The second-order valence-corrected chi connectivity index (χ2v) is 7.38. The molecule has 0 radical (unpaired) electrons.